The van der Waals surface area contributed by atoms with Crippen molar-refractivity contribution in [2.24, 2.45) is 0 Å². The number of nitrogens with one attached hydrogen (secondary N) is 1. The van der Waals surface area contributed by atoms with E-state index in [2.05, 4.69) is 31.0 Å². The number of rotatable bonds is 4. The Labute approximate surface area is 96.8 Å². The zero-order valence-corrected chi connectivity index (χ0v) is 10.3. The van der Waals surface area contributed by atoms with Crippen molar-refractivity contribution < 1.29 is 14.7 Å². The number of amides is 1. The van der Waals surface area contributed by atoms with Crippen molar-refractivity contribution in [1.82, 2.24) is 10.2 Å². The summed E-state index contributed by atoms with van der Waals surface area (Å²) in [6, 6.07) is -0.641. The van der Waals surface area contributed by atoms with Gasteiger partial charge in [0.15, 0.2) is 0 Å². The summed E-state index contributed by atoms with van der Waals surface area (Å²) in [5.74, 6) is -1.11. The molecule has 5 nitrogen and oxygen atoms in total. The summed E-state index contributed by atoms with van der Waals surface area (Å²) >= 11 is 0. The molecule has 1 unspecified atom stereocenters. The van der Waals surface area contributed by atoms with E-state index < -0.39 is 12.0 Å². The van der Waals surface area contributed by atoms with Crippen LogP contribution in [0.2, 0.25) is 0 Å². The predicted octanol–water partition coefficient (Wildman–Crippen LogP) is 0.698. The molecule has 0 aromatic rings. The Balaban J connectivity index is 0.000000293. The number of aliphatic carboxylic acids is 1. The van der Waals surface area contributed by atoms with E-state index >= 15 is 0 Å². The second kappa shape index (κ2) is 8.10. The Kier molecular flexibility index (Phi) is 7.54. The van der Waals surface area contributed by atoms with Crippen LogP contribution in [0.25, 0.3) is 0 Å². The molecule has 1 aliphatic rings. The molecule has 1 rings (SSSR count). The van der Waals surface area contributed by atoms with E-state index in [0.717, 1.165) is 0 Å². The van der Waals surface area contributed by atoms with Crippen LogP contribution in [0.1, 0.15) is 33.6 Å². The van der Waals surface area contributed by atoms with Gasteiger partial charge in [-0.2, -0.15) is 0 Å². The highest BCUT2D eigenvalue weighted by Crippen LogP contribution is 2.05. The lowest BCUT2D eigenvalue weighted by molar-refractivity contribution is -0.140. The van der Waals surface area contributed by atoms with E-state index in [4.69, 9.17) is 5.11 Å². The van der Waals surface area contributed by atoms with Gasteiger partial charge in [-0.25, -0.2) is 4.79 Å². The van der Waals surface area contributed by atoms with Crippen LogP contribution in [0.4, 0.5) is 0 Å². The Morgan fingerprint density at radius 2 is 1.88 bits per heavy atom. The number of carboxylic acid groups (broad SMARTS) is 1. The molecule has 1 atom stereocenters. The average molecular weight is 230 g/mol. The minimum Gasteiger partial charge on any atom is -0.480 e. The molecule has 5 heteroatoms. The minimum atomic E-state index is -0.944. The molecule has 1 heterocycles. The molecule has 0 aromatic heterocycles. The largest absolute Gasteiger partial charge is 0.480 e. The average Bonchev–Trinajstić information content (AvgIpc) is 2.69. The minimum absolute atomic E-state index is 0.164. The molecule has 0 bridgehead atoms. The third-order valence-corrected chi connectivity index (χ3v) is 2.64. The van der Waals surface area contributed by atoms with Crippen molar-refractivity contribution in [1.29, 1.82) is 0 Å². The summed E-state index contributed by atoms with van der Waals surface area (Å²) < 4.78 is 0. The van der Waals surface area contributed by atoms with Crippen LogP contribution >= 0.6 is 0 Å². The maximum absolute atomic E-state index is 10.4. The topological polar surface area (TPSA) is 69.6 Å². The lowest BCUT2D eigenvalue weighted by Gasteiger charge is -2.13. The van der Waals surface area contributed by atoms with Crippen LogP contribution in [-0.4, -0.2) is 47.6 Å². The Morgan fingerprint density at radius 1 is 1.38 bits per heavy atom. The molecule has 16 heavy (non-hydrogen) atoms. The Hall–Kier alpha value is -1.10. The second-order valence-corrected chi connectivity index (χ2v) is 3.62. The molecule has 0 saturated carbocycles. The maximum Gasteiger partial charge on any atom is 0.326 e. The summed E-state index contributed by atoms with van der Waals surface area (Å²) in [6.45, 7) is 10.1. The zero-order chi connectivity index (χ0) is 12.6. The summed E-state index contributed by atoms with van der Waals surface area (Å²) in [6.07, 6.45) is 0.769. The Morgan fingerprint density at radius 3 is 2.00 bits per heavy atom. The smallest absolute Gasteiger partial charge is 0.326 e. The maximum atomic E-state index is 10.4. The van der Waals surface area contributed by atoms with Crippen LogP contribution in [0, 0.1) is 0 Å². The quantitative estimate of drug-likeness (QED) is 0.746. The summed E-state index contributed by atoms with van der Waals surface area (Å²) in [5, 5.41) is 10.6. The van der Waals surface area contributed by atoms with E-state index in [1.165, 1.54) is 19.6 Å². The van der Waals surface area contributed by atoms with Crippen LogP contribution in [0.5, 0.6) is 0 Å². The van der Waals surface area contributed by atoms with E-state index in [1.807, 2.05) is 0 Å². The molecule has 0 aliphatic carbocycles. The molecular weight excluding hydrogens is 208 g/mol. The van der Waals surface area contributed by atoms with Gasteiger partial charge in [0.1, 0.15) is 6.04 Å². The third-order valence-electron chi connectivity index (χ3n) is 2.64. The lowest BCUT2D eigenvalue weighted by atomic mass is 10.2. The molecule has 1 fully saturated rings. The van der Waals surface area contributed by atoms with E-state index in [-0.39, 0.29) is 5.91 Å². The van der Waals surface area contributed by atoms with Crippen LogP contribution in [0.3, 0.4) is 0 Å². The van der Waals surface area contributed by atoms with Crippen molar-refractivity contribution in [3.05, 3.63) is 0 Å². The normalized spacial score (nSPS) is 19.0. The van der Waals surface area contributed by atoms with Gasteiger partial charge in [-0.3, -0.25) is 4.79 Å². The van der Waals surface area contributed by atoms with Gasteiger partial charge >= 0.3 is 5.97 Å². The van der Waals surface area contributed by atoms with Gasteiger partial charge in [-0.1, -0.05) is 20.8 Å². The van der Waals surface area contributed by atoms with Gasteiger partial charge in [-0.05, 0) is 26.1 Å². The number of carbonyl (C=O) groups excluding carboxylic acids is 1. The lowest BCUT2D eigenvalue weighted by Crippen LogP contribution is -2.32. The molecular formula is C11H22N2O3. The van der Waals surface area contributed by atoms with Crippen molar-refractivity contribution in [3.8, 4) is 0 Å². The standard InChI is InChI=1S/C6H15N.C5H7NO3/c1-4-7(5-2)6-3;7-4-2-1-3(6-4)5(8)9/h4-6H2,1-3H3;3H,1-2H2,(H,6,7)(H,8,9). The highest BCUT2D eigenvalue weighted by molar-refractivity contribution is 5.87. The number of nitrogens with zero attached hydrogens (tertiary/aromatic N) is 1. The number of carbonyl (C=O) groups is 2. The highest BCUT2D eigenvalue weighted by Gasteiger charge is 2.26. The number of hydrogen-bond acceptors (Lipinski definition) is 3. The van der Waals surface area contributed by atoms with Crippen LogP contribution < -0.4 is 5.32 Å². The van der Waals surface area contributed by atoms with Gasteiger partial charge in [0, 0.05) is 6.42 Å². The first-order valence-electron chi connectivity index (χ1n) is 5.79. The van der Waals surface area contributed by atoms with Crippen LogP contribution in [0.15, 0.2) is 0 Å². The van der Waals surface area contributed by atoms with Gasteiger partial charge < -0.3 is 15.3 Å². The molecule has 0 radical (unpaired) electrons. The summed E-state index contributed by atoms with van der Waals surface area (Å²) in [5.41, 5.74) is 0. The van der Waals surface area contributed by atoms with Crippen molar-refractivity contribution in [2.45, 2.75) is 39.7 Å². The first-order chi connectivity index (χ1) is 7.54. The zero-order valence-electron chi connectivity index (χ0n) is 10.3. The fraction of sp³-hybridized carbons (Fsp3) is 0.818. The first-order valence-corrected chi connectivity index (χ1v) is 5.79. The van der Waals surface area contributed by atoms with Crippen molar-refractivity contribution in [2.75, 3.05) is 19.6 Å². The number of carboxylic acids is 1. The van der Waals surface area contributed by atoms with Crippen LogP contribution in [-0.2, 0) is 9.59 Å². The third kappa shape index (κ3) is 5.70. The highest BCUT2D eigenvalue weighted by atomic mass is 16.4. The van der Waals surface area contributed by atoms with Gasteiger partial charge in [0.05, 0.1) is 0 Å². The van der Waals surface area contributed by atoms with E-state index in [1.54, 1.807) is 0 Å². The molecule has 1 aliphatic heterocycles. The van der Waals surface area contributed by atoms with E-state index in [9.17, 15) is 9.59 Å². The molecule has 1 saturated heterocycles. The molecule has 0 spiro atoms. The Bertz CT molecular complexity index is 222. The van der Waals surface area contributed by atoms with Crippen molar-refractivity contribution in [3.63, 3.8) is 0 Å². The molecule has 2 N–H and O–H groups in total. The van der Waals surface area contributed by atoms with Gasteiger partial charge in [-0.15, -0.1) is 0 Å². The molecule has 94 valence electrons. The second-order valence-electron chi connectivity index (χ2n) is 3.62. The fourth-order valence-electron chi connectivity index (χ4n) is 1.47. The summed E-state index contributed by atoms with van der Waals surface area (Å²) in [4.78, 5) is 22.9. The number of hydrogen-bond donors (Lipinski definition) is 2. The molecule has 1 amide bonds. The summed E-state index contributed by atoms with van der Waals surface area (Å²) in [7, 11) is 0. The molecule has 0 aromatic carbocycles. The SMILES string of the molecule is CCN(CC)CC.O=C1CCC(C(=O)O)N1. The predicted molar refractivity (Wildman–Crippen MR) is 62.3 cm³/mol. The monoisotopic (exact) mass is 230 g/mol. The van der Waals surface area contributed by atoms with Crippen molar-refractivity contribution >= 4 is 11.9 Å². The van der Waals surface area contributed by atoms with Gasteiger partial charge in [0.2, 0.25) is 5.91 Å². The first kappa shape index (κ1) is 14.9. The van der Waals surface area contributed by atoms with Gasteiger partial charge in [0.25, 0.3) is 0 Å². The fourth-order valence-corrected chi connectivity index (χ4v) is 1.47. The van der Waals surface area contributed by atoms with E-state index in [0.29, 0.717) is 12.8 Å².